The van der Waals surface area contributed by atoms with Crippen LogP contribution in [0.2, 0.25) is 0 Å². The van der Waals surface area contributed by atoms with E-state index in [1.165, 1.54) is 0 Å². The first kappa shape index (κ1) is 9.45. The Bertz CT molecular complexity index is 344. The maximum absolute atomic E-state index is 10.8. The molecular formula is C9H15N3O2. The van der Waals surface area contributed by atoms with Crippen molar-refractivity contribution in [2.75, 3.05) is 19.6 Å². The van der Waals surface area contributed by atoms with Gasteiger partial charge < -0.3 is 9.42 Å². The highest BCUT2D eigenvalue weighted by molar-refractivity contribution is 4.93. The predicted octanol–water partition coefficient (Wildman–Crippen LogP) is 0.562. The highest BCUT2D eigenvalue weighted by Gasteiger charge is 2.24. The number of aromatic amines is 1. The number of likely N-dealkylation sites (N-methyl/N-ethyl adjacent to an activating group) is 1. The van der Waals surface area contributed by atoms with E-state index in [1.807, 2.05) is 0 Å². The number of nitrogens with zero attached hydrogens (tertiary/aromatic N) is 2. The molecule has 78 valence electrons. The second-order valence-electron chi connectivity index (χ2n) is 3.69. The number of piperidine rings is 1. The second-order valence-corrected chi connectivity index (χ2v) is 3.69. The minimum absolute atomic E-state index is 0.280. The Labute approximate surface area is 82.1 Å². The van der Waals surface area contributed by atoms with Gasteiger partial charge in [-0.3, -0.25) is 0 Å². The number of H-pyrrole nitrogens is 1. The molecule has 2 heterocycles. The summed E-state index contributed by atoms with van der Waals surface area (Å²) in [5.41, 5.74) is -0.381. The van der Waals surface area contributed by atoms with Gasteiger partial charge in [0.25, 0.3) is 0 Å². The SMILES string of the molecule is CCN1CCCC(c2nc(=O)[nH]o2)C1. The molecule has 1 N–H and O–H groups in total. The van der Waals surface area contributed by atoms with Crippen molar-refractivity contribution in [3.63, 3.8) is 0 Å². The average Bonchev–Trinajstić information content (AvgIpc) is 2.65. The van der Waals surface area contributed by atoms with Gasteiger partial charge >= 0.3 is 5.69 Å². The molecule has 1 aliphatic heterocycles. The van der Waals surface area contributed by atoms with Crippen LogP contribution in [0.5, 0.6) is 0 Å². The van der Waals surface area contributed by atoms with Gasteiger partial charge in [0, 0.05) is 6.54 Å². The number of hydrogen-bond donors (Lipinski definition) is 1. The molecule has 1 saturated heterocycles. The average molecular weight is 197 g/mol. The Morgan fingerprint density at radius 1 is 1.71 bits per heavy atom. The van der Waals surface area contributed by atoms with Crippen LogP contribution in [0.4, 0.5) is 0 Å². The molecule has 0 saturated carbocycles. The molecule has 0 radical (unpaired) electrons. The first-order valence-electron chi connectivity index (χ1n) is 5.07. The van der Waals surface area contributed by atoms with Gasteiger partial charge in [0.2, 0.25) is 5.89 Å². The molecule has 1 aromatic heterocycles. The van der Waals surface area contributed by atoms with E-state index in [0.717, 1.165) is 32.5 Å². The van der Waals surface area contributed by atoms with E-state index in [0.29, 0.717) is 5.89 Å². The van der Waals surface area contributed by atoms with Crippen molar-refractivity contribution in [3.8, 4) is 0 Å². The zero-order valence-corrected chi connectivity index (χ0v) is 8.32. The van der Waals surface area contributed by atoms with Crippen LogP contribution >= 0.6 is 0 Å². The topological polar surface area (TPSA) is 62.1 Å². The van der Waals surface area contributed by atoms with Gasteiger partial charge in [-0.05, 0) is 25.9 Å². The van der Waals surface area contributed by atoms with E-state index < -0.39 is 0 Å². The molecule has 0 amide bonds. The highest BCUT2D eigenvalue weighted by atomic mass is 16.5. The number of nitrogens with one attached hydrogen (secondary N) is 1. The summed E-state index contributed by atoms with van der Waals surface area (Å²) in [4.78, 5) is 17.0. The minimum Gasteiger partial charge on any atom is -0.362 e. The van der Waals surface area contributed by atoms with Crippen molar-refractivity contribution in [3.05, 3.63) is 16.4 Å². The molecule has 0 spiro atoms. The first-order chi connectivity index (χ1) is 6.79. The summed E-state index contributed by atoms with van der Waals surface area (Å²) in [5, 5.41) is 2.24. The van der Waals surface area contributed by atoms with Crippen LogP contribution in [0.25, 0.3) is 0 Å². The Hall–Kier alpha value is -1.10. The minimum atomic E-state index is -0.381. The van der Waals surface area contributed by atoms with Crippen LogP contribution in [-0.4, -0.2) is 34.7 Å². The Morgan fingerprint density at radius 2 is 2.57 bits per heavy atom. The largest absolute Gasteiger partial charge is 0.377 e. The van der Waals surface area contributed by atoms with Crippen molar-refractivity contribution < 1.29 is 4.52 Å². The van der Waals surface area contributed by atoms with Crippen LogP contribution in [0, 0.1) is 0 Å². The lowest BCUT2D eigenvalue weighted by Crippen LogP contribution is -2.34. The second kappa shape index (κ2) is 3.96. The maximum atomic E-state index is 10.8. The summed E-state index contributed by atoms with van der Waals surface area (Å²) >= 11 is 0. The lowest BCUT2D eigenvalue weighted by Gasteiger charge is -2.29. The molecule has 14 heavy (non-hydrogen) atoms. The van der Waals surface area contributed by atoms with Crippen molar-refractivity contribution in [1.29, 1.82) is 0 Å². The molecule has 1 aliphatic rings. The van der Waals surface area contributed by atoms with Crippen LogP contribution < -0.4 is 5.69 Å². The molecule has 5 nitrogen and oxygen atoms in total. The molecule has 1 fully saturated rings. The van der Waals surface area contributed by atoms with Gasteiger partial charge in [-0.2, -0.15) is 10.1 Å². The smallest absolute Gasteiger partial charge is 0.362 e. The zero-order chi connectivity index (χ0) is 9.97. The lowest BCUT2D eigenvalue weighted by atomic mass is 9.98. The van der Waals surface area contributed by atoms with Crippen LogP contribution in [-0.2, 0) is 0 Å². The van der Waals surface area contributed by atoms with Crippen LogP contribution in [0.1, 0.15) is 31.6 Å². The Kier molecular flexibility index (Phi) is 2.67. The van der Waals surface area contributed by atoms with Crippen LogP contribution in [0.3, 0.4) is 0 Å². The van der Waals surface area contributed by atoms with Gasteiger partial charge in [0.1, 0.15) is 0 Å². The standard InChI is InChI=1S/C9H15N3O2/c1-2-12-5-3-4-7(6-12)8-10-9(13)11-14-8/h7H,2-6H2,1H3,(H,11,13). The monoisotopic (exact) mass is 197 g/mol. The molecule has 0 aromatic carbocycles. The van der Waals surface area contributed by atoms with Gasteiger partial charge in [0.15, 0.2) is 0 Å². The van der Waals surface area contributed by atoms with Gasteiger partial charge in [-0.1, -0.05) is 6.92 Å². The molecule has 0 aliphatic carbocycles. The summed E-state index contributed by atoms with van der Waals surface area (Å²) in [6.07, 6.45) is 2.21. The number of aromatic nitrogens is 2. The number of likely N-dealkylation sites (tertiary alicyclic amines) is 1. The van der Waals surface area contributed by atoms with Crippen molar-refractivity contribution in [2.24, 2.45) is 0 Å². The van der Waals surface area contributed by atoms with E-state index >= 15 is 0 Å². The van der Waals surface area contributed by atoms with Gasteiger partial charge in [-0.15, -0.1) is 0 Å². The van der Waals surface area contributed by atoms with Crippen molar-refractivity contribution >= 4 is 0 Å². The van der Waals surface area contributed by atoms with Crippen molar-refractivity contribution in [1.82, 2.24) is 15.0 Å². The van der Waals surface area contributed by atoms with E-state index in [9.17, 15) is 4.79 Å². The summed E-state index contributed by atoms with van der Waals surface area (Å²) < 4.78 is 5.02. The van der Waals surface area contributed by atoms with Crippen molar-refractivity contribution in [2.45, 2.75) is 25.7 Å². The molecule has 5 heteroatoms. The summed E-state index contributed by atoms with van der Waals surface area (Å²) in [6, 6.07) is 0. The van der Waals surface area contributed by atoms with Gasteiger partial charge in [-0.25, -0.2) is 4.79 Å². The van der Waals surface area contributed by atoms with E-state index in [4.69, 9.17) is 4.52 Å². The molecule has 1 unspecified atom stereocenters. The maximum Gasteiger partial charge on any atom is 0.377 e. The molecule has 0 bridgehead atoms. The van der Waals surface area contributed by atoms with E-state index in [-0.39, 0.29) is 11.6 Å². The highest BCUT2D eigenvalue weighted by Crippen LogP contribution is 2.24. The van der Waals surface area contributed by atoms with Crippen LogP contribution in [0.15, 0.2) is 9.32 Å². The number of rotatable bonds is 2. The van der Waals surface area contributed by atoms with E-state index in [1.54, 1.807) is 0 Å². The quantitative estimate of drug-likeness (QED) is 0.752. The number of hydrogen-bond acceptors (Lipinski definition) is 4. The fourth-order valence-electron chi connectivity index (χ4n) is 1.96. The Balaban J connectivity index is 2.07. The summed E-state index contributed by atoms with van der Waals surface area (Å²) in [6.45, 7) is 5.28. The molecule has 1 atom stereocenters. The predicted molar refractivity (Wildman–Crippen MR) is 51.2 cm³/mol. The summed E-state index contributed by atoms with van der Waals surface area (Å²) in [5.74, 6) is 0.843. The summed E-state index contributed by atoms with van der Waals surface area (Å²) in [7, 11) is 0. The fraction of sp³-hybridized carbons (Fsp3) is 0.778. The first-order valence-corrected chi connectivity index (χ1v) is 5.07. The third kappa shape index (κ3) is 1.87. The molecule has 2 rings (SSSR count). The normalized spacial score (nSPS) is 23.9. The lowest BCUT2D eigenvalue weighted by molar-refractivity contribution is 0.195. The fourth-order valence-corrected chi connectivity index (χ4v) is 1.96. The molecular weight excluding hydrogens is 182 g/mol. The molecule has 1 aromatic rings. The van der Waals surface area contributed by atoms with E-state index in [2.05, 4.69) is 22.0 Å². The third-order valence-corrected chi connectivity index (χ3v) is 2.76. The zero-order valence-electron chi connectivity index (χ0n) is 8.32. The van der Waals surface area contributed by atoms with Gasteiger partial charge in [0.05, 0.1) is 5.92 Å². The third-order valence-electron chi connectivity index (χ3n) is 2.76. The Morgan fingerprint density at radius 3 is 3.21 bits per heavy atom.